The molecular formula is C17H15Cl2N3O3S. The van der Waals surface area contributed by atoms with Crippen LogP contribution in [0.2, 0.25) is 10.0 Å². The van der Waals surface area contributed by atoms with Crippen LogP contribution in [-0.2, 0) is 16.6 Å². The maximum Gasteiger partial charge on any atom is 0.265 e. The Hall–Kier alpha value is -2.09. The van der Waals surface area contributed by atoms with Gasteiger partial charge in [-0.3, -0.25) is 0 Å². The van der Waals surface area contributed by atoms with Crippen LogP contribution in [0.25, 0.3) is 0 Å². The summed E-state index contributed by atoms with van der Waals surface area (Å²) >= 11 is 12.2. The summed E-state index contributed by atoms with van der Waals surface area (Å²) in [6.45, 7) is 3.46. The molecule has 0 saturated carbocycles. The van der Waals surface area contributed by atoms with Crippen molar-refractivity contribution in [3.05, 3.63) is 69.3 Å². The SMILES string of the molecule is Cc1ccc(S(=O)(=O)N(Cc2ccc(Cl)cc2Cl)c2nonc2C)cc1. The van der Waals surface area contributed by atoms with Crippen molar-refractivity contribution in [1.82, 2.24) is 10.3 Å². The number of rotatable bonds is 5. The molecule has 0 radical (unpaired) electrons. The van der Waals surface area contributed by atoms with E-state index in [0.29, 0.717) is 21.3 Å². The average molecular weight is 412 g/mol. The lowest BCUT2D eigenvalue weighted by Gasteiger charge is -2.22. The van der Waals surface area contributed by atoms with Gasteiger partial charge in [0.15, 0.2) is 0 Å². The Morgan fingerprint density at radius 2 is 1.73 bits per heavy atom. The number of aromatic nitrogens is 2. The molecule has 3 rings (SSSR count). The molecule has 0 unspecified atom stereocenters. The molecule has 0 aliphatic heterocycles. The lowest BCUT2D eigenvalue weighted by Crippen LogP contribution is -2.31. The maximum atomic E-state index is 13.2. The molecule has 0 atom stereocenters. The summed E-state index contributed by atoms with van der Waals surface area (Å²) in [5.41, 5.74) is 1.88. The molecular weight excluding hydrogens is 397 g/mol. The minimum absolute atomic E-state index is 0.0404. The fourth-order valence-corrected chi connectivity index (χ4v) is 4.27. The van der Waals surface area contributed by atoms with Crippen molar-refractivity contribution < 1.29 is 13.0 Å². The van der Waals surface area contributed by atoms with Gasteiger partial charge in [-0.25, -0.2) is 17.4 Å². The first kappa shape index (κ1) is 18.7. The number of nitrogens with zero attached hydrogens (tertiary/aromatic N) is 3. The van der Waals surface area contributed by atoms with Crippen molar-refractivity contribution in [2.24, 2.45) is 0 Å². The lowest BCUT2D eigenvalue weighted by atomic mass is 10.2. The number of hydrogen-bond acceptors (Lipinski definition) is 5. The first-order valence-electron chi connectivity index (χ1n) is 7.61. The predicted molar refractivity (Wildman–Crippen MR) is 100 cm³/mol. The van der Waals surface area contributed by atoms with Crippen LogP contribution in [0, 0.1) is 13.8 Å². The van der Waals surface area contributed by atoms with Gasteiger partial charge in [-0.1, -0.05) is 52.1 Å². The van der Waals surface area contributed by atoms with Crippen LogP contribution in [0.1, 0.15) is 16.8 Å². The van der Waals surface area contributed by atoms with Gasteiger partial charge in [-0.2, -0.15) is 0 Å². The minimum atomic E-state index is -3.91. The Morgan fingerprint density at radius 3 is 2.31 bits per heavy atom. The van der Waals surface area contributed by atoms with Gasteiger partial charge in [0.25, 0.3) is 10.0 Å². The number of sulfonamides is 1. The van der Waals surface area contributed by atoms with Crippen molar-refractivity contribution in [3.8, 4) is 0 Å². The first-order chi connectivity index (χ1) is 12.3. The summed E-state index contributed by atoms with van der Waals surface area (Å²) in [6, 6.07) is 11.4. The number of anilines is 1. The Labute approximate surface area is 161 Å². The molecule has 0 aliphatic rings. The molecule has 0 bridgehead atoms. The van der Waals surface area contributed by atoms with Crippen LogP contribution >= 0.6 is 23.2 Å². The molecule has 3 aromatic rings. The monoisotopic (exact) mass is 411 g/mol. The largest absolute Gasteiger partial charge is 0.265 e. The van der Waals surface area contributed by atoms with Gasteiger partial charge in [0.1, 0.15) is 5.69 Å². The highest BCUT2D eigenvalue weighted by Crippen LogP contribution is 2.29. The van der Waals surface area contributed by atoms with Crippen molar-refractivity contribution in [1.29, 1.82) is 0 Å². The fraction of sp³-hybridized carbons (Fsp3) is 0.176. The third-order valence-corrected chi connectivity index (χ3v) is 6.14. The molecule has 0 aliphatic carbocycles. The highest BCUT2D eigenvalue weighted by molar-refractivity contribution is 7.92. The van der Waals surface area contributed by atoms with E-state index in [9.17, 15) is 8.42 Å². The van der Waals surface area contributed by atoms with Gasteiger partial charge in [0, 0.05) is 10.0 Å². The van der Waals surface area contributed by atoms with Crippen LogP contribution in [0.15, 0.2) is 52.0 Å². The van der Waals surface area contributed by atoms with Gasteiger partial charge < -0.3 is 0 Å². The lowest BCUT2D eigenvalue weighted by molar-refractivity contribution is 0.305. The molecule has 1 heterocycles. The third-order valence-electron chi connectivity index (χ3n) is 3.80. The average Bonchev–Trinajstić information content (AvgIpc) is 3.00. The van der Waals surface area contributed by atoms with Crippen molar-refractivity contribution in [3.63, 3.8) is 0 Å². The predicted octanol–water partition coefficient (Wildman–Crippen LogP) is 4.39. The molecule has 9 heteroatoms. The van der Waals surface area contributed by atoms with Gasteiger partial charge in [0.2, 0.25) is 5.82 Å². The number of hydrogen-bond donors (Lipinski definition) is 0. The van der Waals surface area contributed by atoms with E-state index in [2.05, 4.69) is 10.3 Å². The molecule has 26 heavy (non-hydrogen) atoms. The first-order valence-corrected chi connectivity index (χ1v) is 9.81. The van der Waals surface area contributed by atoms with Crippen molar-refractivity contribution in [2.75, 3.05) is 4.31 Å². The quantitative estimate of drug-likeness (QED) is 0.621. The van der Waals surface area contributed by atoms with E-state index >= 15 is 0 Å². The van der Waals surface area contributed by atoms with Gasteiger partial charge >= 0.3 is 0 Å². The van der Waals surface area contributed by atoms with Crippen LogP contribution in [0.3, 0.4) is 0 Å². The van der Waals surface area contributed by atoms with E-state index in [1.165, 1.54) is 0 Å². The highest BCUT2D eigenvalue weighted by atomic mass is 35.5. The Bertz CT molecular complexity index is 1030. The van der Waals surface area contributed by atoms with E-state index in [4.69, 9.17) is 27.8 Å². The molecule has 136 valence electrons. The second-order valence-electron chi connectivity index (χ2n) is 5.73. The van der Waals surface area contributed by atoms with Crippen LogP contribution in [0.4, 0.5) is 5.82 Å². The van der Waals surface area contributed by atoms with Gasteiger partial charge in [-0.15, -0.1) is 0 Å². The summed E-state index contributed by atoms with van der Waals surface area (Å²) < 4.78 is 32.3. The standard InChI is InChI=1S/C17H15Cl2N3O3S/c1-11-3-7-15(8-4-11)26(23,24)22(17-12(2)20-25-21-17)10-13-5-6-14(18)9-16(13)19/h3-9H,10H2,1-2H3. The number of aryl methyl sites for hydroxylation is 2. The van der Waals surface area contributed by atoms with Crippen LogP contribution < -0.4 is 4.31 Å². The zero-order valence-corrected chi connectivity index (χ0v) is 16.3. The Kier molecular flexibility index (Phi) is 5.22. The molecule has 0 N–H and O–H groups in total. The molecule has 0 amide bonds. The number of halogens is 2. The molecule has 0 spiro atoms. The molecule has 2 aromatic carbocycles. The Balaban J connectivity index is 2.09. The van der Waals surface area contributed by atoms with E-state index in [1.807, 2.05) is 6.92 Å². The second kappa shape index (κ2) is 7.26. The van der Waals surface area contributed by atoms with Crippen molar-refractivity contribution >= 4 is 39.0 Å². The second-order valence-corrected chi connectivity index (χ2v) is 8.44. The van der Waals surface area contributed by atoms with E-state index in [-0.39, 0.29) is 17.3 Å². The molecule has 1 aromatic heterocycles. The van der Waals surface area contributed by atoms with E-state index < -0.39 is 10.0 Å². The Morgan fingerprint density at radius 1 is 1.04 bits per heavy atom. The van der Waals surface area contributed by atoms with Crippen LogP contribution in [-0.4, -0.2) is 18.7 Å². The molecule has 0 saturated heterocycles. The summed E-state index contributed by atoms with van der Waals surface area (Å²) in [4.78, 5) is 0.135. The topological polar surface area (TPSA) is 76.3 Å². The summed E-state index contributed by atoms with van der Waals surface area (Å²) in [5.74, 6) is 0.108. The number of benzene rings is 2. The highest BCUT2D eigenvalue weighted by Gasteiger charge is 2.30. The van der Waals surface area contributed by atoms with E-state index in [0.717, 1.165) is 9.87 Å². The van der Waals surface area contributed by atoms with Gasteiger partial charge in [-0.05, 0) is 48.8 Å². The third kappa shape index (κ3) is 3.70. The zero-order chi connectivity index (χ0) is 18.9. The summed E-state index contributed by atoms with van der Waals surface area (Å²) in [5, 5.41) is 8.27. The summed E-state index contributed by atoms with van der Waals surface area (Å²) in [7, 11) is -3.91. The maximum absolute atomic E-state index is 13.2. The van der Waals surface area contributed by atoms with Crippen molar-refractivity contribution in [2.45, 2.75) is 25.3 Å². The van der Waals surface area contributed by atoms with Crippen LogP contribution in [0.5, 0.6) is 0 Å². The van der Waals surface area contributed by atoms with Gasteiger partial charge in [0.05, 0.1) is 11.4 Å². The molecule has 6 nitrogen and oxygen atoms in total. The smallest absolute Gasteiger partial charge is 0.242 e. The van der Waals surface area contributed by atoms with E-state index in [1.54, 1.807) is 49.4 Å². The minimum Gasteiger partial charge on any atom is -0.242 e. The summed E-state index contributed by atoms with van der Waals surface area (Å²) in [6.07, 6.45) is 0. The fourth-order valence-electron chi connectivity index (χ4n) is 2.37. The zero-order valence-electron chi connectivity index (χ0n) is 14.0. The normalized spacial score (nSPS) is 11.5. The molecule has 0 fully saturated rings.